The number of carbonyl (C=O) groups is 1. The normalized spacial score (nSPS) is 19.9. The lowest BCUT2D eigenvalue weighted by atomic mass is 9.92. The molecule has 1 unspecified atom stereocenters. The molecule has 0 bridgehead atoms. The van der Waals surface area contributed by atoms with Crippen molar-refractivity contribution in [3.05, 3.63) is 0 Å². The highest BCUT2D eigenvalue weighted by Gasteiger charge is 2.27. The number of carbonyl (C=O) groups excluding carboxylic acids is 1. The fourth-order valence-electron chi connectivity index (χ4n) is 2.98. The number of hydrogen-bond acceptors (Lipinski definition) is 3. The third-order valence-corrected chi connectivity index (χ3v) is 4.73. The first-order chi connectivity index (χ1) is 11.4. The number of hydrogen-bond donors (Lipinski definition) is 3. The maximum Gasteiger partial charge on any atom is 0.227 e. The van der Waals surface area contributed by atoms with E-state index in [4.69, 9.17) is 0 Å². The molecule has 0 radical (unpaired) electrons. The molecule has 1 amide bonds. The molecule has 1 atom stereocenters. The lowest BCUT2D eigenvalue weighted by molar-refractivity contribution is -0.128. The van der Waals surface area contributed by atoms with E-state index >= 15 is 0 Å². The largest absolute Gasteiger partial charge is 0.356 e. The Hall–Kier alpha value is -1.30. The van der Waals surface area contributed by atoms with Crippen molar-refractivity contribution in [3.63, 3.8) is 0 Å². The minimum Gasteiger partial charge on any atom is -0.356 e. The summed E-state index contributed by atoms with van der Waals surface area (Å²) < 4.78 is 0. The van der Waals surface area contributed by atoms with E-state index < -0.39 is 5.41 Å². The van der Waals surface area contributed by atoms with E-state index in [-0.39, 0.29) is 5.91 Å². The van der Waals surface area contributed by atoms with Crippen LogP contribution in [0.2, 0.25) is 0 Å². The van der Waals surface area contributed by atoms with Gasteiger partial charge in [0.15, 0.2) is 5.96 Å². The van der Waals surface area contributed by atoms with Crippen molar-refractivity contribution in [2.45, 2.75) is 59.4 Å². The Labute approximate surface area is 147 Å². The van der Waals surface area contributed by atoms with Crippen molar-refractivity contribution in [2.75, 3.05) is 39.8 Å². The molecular weight excluding hydrogens is 302 g/mol. The number of rotatable bonds is 8. The maximum atomic E-state index is 12.0. The van der Waals surface area contributed by atoms with Gasteiger partial charge in [-0.05, 0) is 53.5 Å². The summed E-state index contributed by atoms with van der Waals surface area (Å²) in [5.41, 5.74) is -0.461. The van der Waals surface area contributed by atoms with Crippen LogP contribution in [0.4, 0.5) is 0 Å². The summed E-state index contributed by atoms with van der Waals surface area (Å²) in [7, 11) is 1.77. The van der Waals surface area contributed by atoms with Gasteiger partial charge in [-0.25, -0.2) is 0 Å². The molecule has 6 nitrogen and oxygen atoms in total. The van der Waals surface area contributed by atoms with Crippen LogP contribution in [0, 0.1) is 5.41 Å². The zero-order valence-corrected chi connectivity index (χ0v) is 16.2. The first kappa shape index (κ1) is 20.7. The van der Waals surface area contributed by atoms with Gasteiger partial charge in [0.25, 0.3) is 0 Å². The van der Waals surface area contributed by atoms with Gasteiger partial charge in [-0.2, -0.15) is 0 Å². The van der Waals surface area contributed by atoms with Crippen LogP contribution in [0.15, 0.2) is 4.99 Å². The first-order valence-corrected chi connectivity index (χ1v) is 9.37. The van der Waals surface area contributed by atoms with Gasteiger partial charge in [0.2, 0.25) is 5.91 Å². The molecule has 0 aromatic rings. The number of likely N-dealkylation sites (tertiary alicyclic amines) is 1. The third-order valence-electron chi connectivity index (χ3n) is 4.73. The highest BCUT2D eigenvalue weighted by atomic mass is 16.2. The van der Waals surface area contributed by atoms with Crippen LogP contribution in [-0.2, 0) is 4.79 Å². The quantitative estimate of drug-likeness (QED) is 0.357. The minimum atomic E-state index is -0.461. The highest BCUT2D eigenvalue weighted by molar-refractivity contribution is 5.84. The molecule has 1 saturated heterocycles. The van der Waals surface area contributed by atoms with E-state index in [1.165, 1.54) is 25.8 Å². The molecule has 0 aromatic carbocycles. The predicted molar refractivity (Wildman–Crippen MR) is 101 cm³/mol. The molecule has 140 valence electrons. The second-order valence-corrected chi connectivity index (χ2v) is 7.33. The molecule has 1 fully saturated rings. The summed E-state index contributed by atoms with van der Waals surface area (Å²) in [6, 6.07) is 0.717. The summed E-state index contributed by atoms with van der Waals surface area (Å²) in [6.45, 7) is 12.6. The van der Waals surface area contributed by atoms with E-state index in [1.807, 2.05) is 20.8 Å². The Kier molecular flexibility index (Phi) is 9.11. The number of nitrogens with one attached hydrogen (secondary N) is 3. The van der Waals surface area contributed by atoms with E-state index in [0.717, 1.165) is 25.5 Å². The number of guanidine groups is 1. The summed E-state index contributed by atoms with van der Waals surface area (Å²) in [4.78, 5) is 18.8. The molecule has 1 aliphatic heterocycles. The van der Waals surface area contributed by atoms with Gasteiger partial charge in [-0.15, -0.1) is 0 Å². The zero-order chi connectivity index (χ0) is 18.0. The second kappa shape index (κ2) is 10.5. The van der Waals surface area contributed by atoms with E-state index in [2.05, 4.69) is 32.8 Å². The third kappa shape index (κ3) is 7.07. The Balaban J connectivity index is 2.26. The van der Waals surface area contributed by atoms with Crippen LogP contribution >= 0.6 is 0 Å². The Morgan fingerprint density at radius 1 is 1.25 bits per heavy atom. The first-order valence-electron chi connectivity index (χ1n) is 9.37. The SMILES string of the molecule is CCNC(=O)C(C)(C)CNC(=NC)NCCCN1CCCCC1C. The Morgan fingerprint density at radius 3 is 2.62 bits per heavy atom. The fourth-order valence-corrected chi connectivity index (χ4v) is 2.98. The average Bonchev–Trinajstić information content (AvgIpc) is 2.56. The molecule has 0 saturated carbocycles. The molecule has 0 spiro atoms. The van der Waals surface area contributed by atoms with Crippen LogP contribution in [0.25, 0.3) is 0 Å². The maximum absolute atomic E-state index is 12.0. The van der Waals surface area contributed by atoms with Crippen molar-refractivity contribution < 1.29 is 4.79 Å². The van der Waals surface area contributed by atoms with Crippen molar-refractivity contribution in [2.24, 2.45) is 10.4 Å². The van der Waals surface area contributed by atoms with Crippen LogP contribution in [-0.4, -0.2) is 62.6 Å². The van der Waals surface area contributed by atoms with Gasteiger partial charge >= 0.3 is 0 Å². The Morgan fingerprint density at radius 2 is 2.00 bits per heavy atom. The van der Waals surface area contributed by atoms with Crippen molar-refractivity contribution >= 4 is 11.9 Å². The molecule has 3 N–H and O–H groups in total. The molecule has 1 heterocycles. The van der Waals surface area contributed by atoms with Crippen LogP contribution in [0.3, 0.4) is 0 Å². The standard InChI is InChI=1S/C18H37N5O/c1-6-20-16(24)18(3,4)14-22-17(19-5)21-11-9-13-23-12-8-7-10-15(23)2/h15H,6-14H2,1-5H3,(H,20,24)(H2,19,21,22). The number of nitrogens with zero attached hydrogens (tertiary/aromatic N) is 2. The molecule has 24 heavy (non-hydrogen) atoms. The van der Waals surface area contributed by atoms with E-state index in [1.54, 1.807) is 7.05 Å². The van der Waals surface area contributed by atoms with Crippen molar-refractivity contribution in [1.82, 2.24) is 20.9 Å². The molecule has 0 aromatic heterocycles. The van der Waals surface area contributed by atoms with Crippen LogP contribution in [0.1, 0.15) is 53.4 Å². The second-order valence-electron chi connectivity index (χ2n) is 7.33. The van der Waals surface area contributed by atoms with E-state index in [0.29, 0.717) is 19.1 Å². The topological polar surface area (TPSA) is 68.8 Å². The predicted octanol–water partition coefficient (Wildman–Crippen LogP) is 1.58. The molecule has 1 aliphatic rings. The highest BCUT2D eigenvalue weighted by Crippen LogP contribution is 2.16. The lowest BCUT2D eigenvalue weighted by Crippen LogP contribution is -2.48. The smallest absolute Gasteiger partial charge is 0.227 e. The van der Waals surface area contributed by atoms with Gasteiger partial charge < -0.3 is 20.9 Å². The lowest BCUT2D eigenvalue weighted by Gasteiger charge is -2.33. The minimum absolute atomic E-state index is 0.0621. The summed E-state index contributed by atoms with van der Waals surface area (Å²) >= 11 is 0. The molecule has 1 rings (SSSR count). The fraction of sp³-hybridized carbons (Fsp3) is 0.889. The van der Waals surface area contributed by atoms with Crippen molar-refractivity contribution in [3.8, 4) is 0 Å². The van der Waals surface area contributed by atoms with Crippen molar-refractivity contribution in [1.29, 1.82) is 0 Å². The molecule has 0 aliphatic carbocycles. The Bertz CT molecular complexity index is 408. The van der Waals surface area contributed by atoms with E-state index in [9.17, 15) is 4.79 Å². The van der Waals surface area contributed by atoms with Gasteiger partial charge in [0.05, 0.1) is 5.41 Å². The number of aliphatic imine (C=N–C) groups is 1. The van der Waals surface area contributed by atoms with Crippen LogP contribution < -0.4 is 16.0 Å². The summed E-state index contributed by atoms with van der Waals surface area (Å²) in [5.74, 6) is 0.825. The molecule has 6 heteroatoms. The zero-order valence-electron chi connectivity index (χ0n) is 16.2. The van der Waals surface area contributed by atoms with Gasteiger partial charge in [0.1, 0.15) is 0 Å². The molecular formula is C18H37N5O. The monoisotopic (exact) mass is 339 g/mol. The van der Waals surface area contributed by atoms with Gasteiger partial charge in [0, 0.05) is 39.3 Å². The van der Waals surface area contributed by atoms with Gasteiger partial charge in [-0.3, -0.25) is 9.79 Å². The summed E-state index contributed by atoms with van der Waals surface area (Å²) in [5, 5.41) is 9.48. The van der Waals surface area contributed by atoms with Crippen LogP contribution in [0.5, 0.6) is 0 Å². The summed E-state index contributed by atoms with van der Waals surface area (Å²) in [6.07, 6.45) is 5.13. The van der Waals surface area contributed by atoms with Gasteiger partial charge in [-0.1, -0.05) is 6.42 Å². The number of piperidine rings is 1. The average molecular weight is 340 g/mol. The number of amides is 1.